The number of rotatable bonds is 14. The fraction of sp³-hybridized carbons (Fsp3) is 0.925. The van der Waals surface area contributed by atoms with Crippen molar-refractivity contribution < 1.29 is 82.4 Å². The van der Waals surface area contributed by atoms with Crippen LogP contribution in [0.25, 0.3) is 0 Å². The van der Waals surface area contributed by atoms with Crippen LogP contribution in [0.5, 0.6) is 0 Å². The molecule has 3 atom stereocenters. The second-order valence-corrected chi connectivity index (χ2v) is 22.0. The number of hydrogen-bond donors (Lipinski definition) is 0. The van der Waals surface area contributed by atoms with Gasteiger partial charge in [0.2, 0.25) is 5.92 Å². The number of esters is 4. The summed E-state index contributed by atoms with van der Waals surface area (Å²) in [4.78, 5) is 47.8. The van der Waals surface area contributed by atoms with Crippen molar-refractivity contribution in [3.63, 3.8) is 0 Å². The minimum atomic E-state index is -5.79. The van der Waals surface area contributed by atoms with E-state index in [9.17, 15) is 58.7 Å². The molecule has 0 heterocycles. The van der Waals surface area contributed by atoms with Gasteiger partial charge in [0.25, 0.3) is 0 Å². The van der Waals surface area contributed by atoms with Crippen molar-refractivity contribution in [2.45, 2.75) is 252 Å². The molecule has 424 valence electrons. The normalized spacial score (nSPS) is 28.4. The molecule has 0 aromatic rings. The number of carbonyl (C=O) groups is 4. The van der Waals surface area contributed by atoms with Gasteiger partial charge in [0.1, 0.15) is 17.8 Å². The summed E-state index contributed by atoms with van der Waals surface area (Å²) in [5.41, 5.74) is -3.26. The molecular formula is C53H95F9O9. The lowest BCUT2D eigenvalue weighted by Crippen LogP contribution is -2.62. The van der Waals surface area contributed by atoms with Crippen molar-refractivity contribution in [3.8, 4) is 0 Å². The molecule has 8 aliphatic carbocycles. The number of alkyl halides is 9. The van der Waals surface area contributed by atoms with Crippen LogP contribution in [-0.2, 0) is 42.9 Å². The zero-order valence-electron chi connectivity index (χ0n) is 39.6. The topological polar surface area (TPSA) is 114 Å². The van der Waals surface area contributed by atoms with Crippen molar-refractivity contribution in [2.75, 3.05) is 13.2 Å². The average molecular weight is 1050 g/mol. The average Bonchev–Trinajstić information content (AvgIpc) is 3.14. The molecule has 8 bridgehead atoms. The highest BCUT2D eigenvalue weighted by Gasteiger charge is 2.63. The van der Waals surface area contributed by atoms with Gasteiger partial charge < -0.3 is 23.7 Å². The molecule has 71 heavy (non-hydrogen) atoms. The molecule has 0 N–H and O–H groups in total. The Labute approximate surface area is 421 Å². The monoisotopic (exact) mass is 1050 g/mol. The van der Waals surface area contributed by atoms with Crippen LogP contribution in [0.15, 0.2) is 0 Å². The maximum atomic E-state index is 12.7. The van der Waals surface area contributed by atoms with Crippen LogP contribution in [0.1, 0.15) is 210 Å². The fourth-order valence-corrected chi connectivity index (χ4v) is 11.0. The first-order valence-electron chi connectivity index (χ1n) is 23.2. The molecule has 8 aliphatic rings. The highest BCUT2D eigenvalue weighted by molar-refractivity contribution is 5.77. The first-order chi connectivity index (χ1) is 29.5. The second kappa shape index (κ2) is 26.1. The van der Waals surface area contributed by atoms with Gasteiger partial charge in [-0.3, -0.25) is 19.2 Å². The van der Waals surface area contributed by atoms with E-state index in [4.69, 9.17) is 14.2 Å². The lowest BCUT2D eigenvalue weighted by molar-refractivity contribution is -0.283. The van der Waals surface area contributed by atoms with Crippen LogP contribution in [0.4, 0.5) is 39.5 Å². The molecule has 9 nitrogen and oxygen atoms in total. The van der Waals surface area contributed by atoms with Gasteiger partial charge in [-0.2, -0.15) is 39.5 Å². The molecule has 8 saturated carbocycles. The van der Waals surface area contributed by atoms with E-state index < -0.39 is 71.1 Å². The van der Waals surface area contributed by atoms with Gasteiger partial charge in [0.05, 0.1) is 28.5 Å². The zero-order valence-corrected chi connectivity index (χ0v) is 39.6. The fourth-order valence-electron chi connectivity index (χ4n) is 11.0. The molecule has 0 radical (unpaired) electrons. The molecule has 0 amide bonds. The first kappa shape index (κ1) is 72.5. The van der Waals surface area contributed by atoms with E-state index in [1.54, 1.807) is 20.8 Å². The third-order valence-corrected chi connectivity index (χ3v) is 15.2. The summed E-state index contributed by atoms with van der Waals surface area (Å²) in [6.07, 6.45) is -4.43. The van der Waals surface area contributed by atoms with Gasteiger partial charge in [0, 0.05) is 6.42 Å². The van der Waals surface area contributed by atoms with Gasteiger partial charge in [-0.15, -0.1) is 0 Å². The quantitative estimate of drug-likeness (QED) is 0.0726. The number of halogens is 9. The lowest BCUT2D eigenvalue weighted by atomic mass is 9.52. The maximum absolute atomic E-state index is 12.7. The van der Waals surface area contributed by atoms with Crippen molar-refractivity contribution in [2.24, 2.45) is 51.8 Å². The molecule has 8 rings (SSSR count). The summed E-state index contributed by atoms with van der Waals surface area (Å²) in [6, 6.07) is 0. The number of ether oxygens (including phenoxy) is 5. The minimum absolute atomic E-state index is 0. The SMILES string of the molecule is C.C.C.C.C.C.CCC(C)(C)C(=O)OC(C)C(F)(F)F.CCC(C)(C)C(=O)OC12CC3CC(CC(C3)C1)C2.CCC(C)(C)C(=O)OC12CC3CC(CC(OCCOC(=O)C(C(F)(F)F)C(F)(F)F)(C3)C1)C2. The van der Waals surface area contributed by atoms with E-state index >= 15 is 0 Å². The van der Waals surface area contributed by atoms with E-state index in [1.165, 1.54) is 19.3 Å². The summed E-state index contributed by atoms with van der Waals surface area (Å²) in [5.74, 6) is -4.61. The zero-order chi connectivity index (χ0) is 49.4. The van der Waals surface area contributed by atoms with Crippen molar-refractivity contribution in [1.82, 2.24) is 0 Å². The molecule has 8 fully saturated rings. The van der Waals surface area contributed by atoms with Crippen LogP contribution >= 0.6 is 0 Å². The smallest absolute Gasteiger partial charge is 0.425 e. The van der Waals surface area contributed by atoms with E-state index in [0.717, 1.165) is 56.8 Å². The molecule has 18 heteroatoms. The summed E-state index contributed by atoms with van der Waals surface area (Å²) >= 11 is 0. The van der Waals surface area contributed by atoms with E-state index in [-0.39, 0.29) is 86.0 Å². The van der Waals surface area contributed by atoms with Crippen molar-refractivity contribution in [1.29, 1.82) is 0 Å². The Kier molecular flexibility index (Phi) is 26.7. The Morgan fingerprint density at radius 2 is 0.803 bits per heavy atom. The summed E-state index contributed by atoms with van der Waals surface area (Å²) in [6.45, 7) is 16.2. The molecular weight excluding hydrogens is 952 g/mol. The maximum Gasteiger partial charge on any atom is 0.425 e. The molecule has 3 unspecified atom stereocenters. The van der Waals surface area contributed by atoms with Gasteiger partial charge >= 0.3 is 42.4 Å². The third-order valence-electron chi connectivity index (χ3n) is 15.2. The Hall–Kier alpha value is -2.79. The highest BCUT2D eigenvalue weighted by atomic mass is 19.4. The Morgan fingerprint density at radius 1 is 0.479 bits per heavy atom. The Balaban J connectivity index is -0.00000104. The summed E-state index contributed by atoms with van der Waals surface area (Å²) in [5, 5.41) is 0. The minimum Gasteiger partial charge on any atom is -0.463 e. The number of carbonyl (C=O) groups excluding carboxylic acids is 4. The van der Waals surface area contributed by atoms with E-state index in [0.29, 0.717) is 44.9 Å². The first-order valence-corrected chi connectivity index (χ1v) is 23.2. The van der Waals surface area contributed by atoms with Crippen LogP contribution in [0.2, 0.25) is 0 Å². The second-order valence-electron chi connectivity index (χ2n) is 22.0. The van der Waals surface area contributed by atoms with Crippen LogP contribution in [0, 0.1) is 51.8 Å². The van der Waals surface area contributed by atoms with Crippen LogP contribution in [0.3, 0.4) is 0 Å². The van der Waals surface area contributed by atoms with Crippen LogP contribution in [-0.4, -0.2) is 78.5 Å². The van der Waals surface area contributed by atoms with Gasteiger partial charge in [-0.05, 0) is 168 Å². The van der Waals surface area contributed by atoms with Crippen molar-refractivity contribution in [3.05, 3.63) is 0 Å². The predicted octanol–water partition coefficient (Wildman–Crippen LogP) is 16.0. The number of hydrogen-bond acceptors (Lipinski definition) is 9. The van der Waals surface area contributed by atoms with Gasteiger partial charge in [-0.1, -0.05) is 65.3 Å². The molecule has 0 spiro atoms. The summed E-state index contributed by atoms with van der Waals surface area (Å²) < 4.78 is 139. The highest BCUT2D eigenvalue weighted by Crippen LogP contribution is 2.61. The third kappa shape index (κ3) is 18.2. The van der Waals surface area contributed by atoms with Crippen molar-refractivity contribution >= 4 is 23.9 Å². The molecule has 0 aromatic carbocycles. The Bertz CT molecular complexity index is 1620. The molecule has 0 aliphatic heterocycles. The van der Waals surface area contributed by atoms with Crippen LogP contribution < -0.4 is 0 Å². The lowest BCUT2D eigenvalue weighted by Gasteiger charge is -2.61. The standard InChI is InChI=1S/C22H30F6O5.C16H26O2.C9H15F3O2.6CH4/c1-4-18(2,3)17(30)33-20-10-13-7-14(11-20)9-19(8-13,12-20)32-6-5-31-16(29)15(21(23,24)25)22(26,27)28;1-4-15(2,3)14(17)18-16-8-11-5-12(9-16)7-13(6-11)10-16;1-5-8(3,4)7(13)14-6(2)9(10,11)12;;;;;;/h13-15H,4-12H2,1-3H3;11-13H,4-10H2,1-3H3;6H,5H2,1-4H3;6*1H4. The predicted molar refractivity (Wildman–Crippen MR) is 260 cm³/mol. The van der Waals surface area contributed by atoms with Gasteiger partial charge in [-0.25, -0.2) is 0 Å². The largest absolute Gasteiger partial charge is 0.463 e. The molecule has 0 saturated heterocycles. The van der Waals surface area contributed by atoms with Gasteiger partial charge in [0.15, 0.2) is 6.10 Å². The summed E-state index contributed by atoms with van der Waals surface area (Å²) in [7, 11) is 0. The van der Waals surface area contributed by atoms with E-state index in [1.807, 2.05) is 34.6 Å². The molecule has 0 aromatic heterocycles. The Morgan fingerprint density at radius 3 is 1.15 bits per heavy atom. The van der Waals surface area contributed by atoms with E-state index in [2.05, 4.69) is 16.4 Å².